The van der Waals surface area contributed by atoms with Crippen LogP contribution < -0.4 is 0 Å². The lowest BCUT2D eigenvalue weighted by molar-refractivity contribution is 0.105. The van der Waals surface area contributed by atoms with Gasteiger partial charge in [0.2, 0.25) is 11.7 Å². The molecule has 3 rings (SSSR count). The van der Waals surface area contributed by atoms with Gasteiger partial charge >= 0.3 is 6.09 Å². The van der Waals surface area contributed by atoms with E-state index in [9.17, 15) is 4.79 Å². The van der Waals surface area contributed by atoms with Gasteiger partial charge in [-0.1, -0.05) is 11.2 Å². The first-order valence-electron chi connectivity index (χ1n) is 7.75. The number of pyridine rings is 1. The minimum atomic E-state index is -0.256. The molecule has 7 nitrogen and oxygen atoms in total. The molecule has 0 bridgehead atoms. The molecule has 0 spiro atoms. The van der Waals surface area contributed by atoms with Gasteiger partial charge in [0.25, 0.3) is 0 Å². The molecule has 1 aliphatic heterocycles. The number of aromatic nitrogens is 3. The van der Waals surface area contributed by atoms with Crippen molar-refractivity contribution in [2.24, 2.45) is 5.92 Å². The van der Waals surface area contributed by atoms with Gasteiger partial charge in [-0.05, 0) is 37.8 Å². The molecular weight excluding hydrogens is 296 g/mol. The quantitative estimate of drug-likeness (QED) is 0.865. The molecule has 1 amide bonds. The zero-order valence-electron chi connectivity index (χ0n) is 13.4. The molecule has 0 aromatic carbocycles. The van der Waals surface area contributed by atoms with Gasteiger partial charge in [0, 0.05) is 25.2 Å². The first-order valence-corrected chi connectivity index (χ1v) is 7.75. The largest absolute Gasteiger partial charge is 0.453 e. The van der Waals surface area contributed by atoms with Crippen LogP contribution in [0.15, 0.2) is 22.7 Å². The van der Waals surface area contributed by atoms with Crippen molar-refractivity contribution in [3.05, 3.63) is 29.8 Å². The second-order valence-electron chi connectivity index (χ2n) is 5.78. The predicted octanol–water partition coefficient (Wildman–Crippen LogP) is 2.46. The summed E-state index contributed by atoms with van der Waals surface area (Å²) in [5, 5.41) is 4.02. The highest BCUT2D eigenvalue weighted by Crippen LogP contribution is 2.22. The van der Waals surface area contributed by atoms with E-state index in [0.717, 1.165) is 30.7 Å². The van der Waals surface area contributed by atoms with Crippen molar-refractivity contribution in [3.63, 3.8) is 0 Å². The summed E-state index contributed by atoms with van der Waals surface area (Å²) in [5.41, 5.74) is 1.64. The third kappa shape index (κ3) is 3.67. The fourth-order valence-corrected chi connectivity index (χ4v) is 2.81. The number of ether oxygens (including phenoxy) is 1. The lowest BCUT2D eigenvalue weighted by Crippen LogP contribution is -2.38. The highest BCUT2D eigenvalue weighted by Gasteiger charge is 2.25. The van der Waals surface area contributed by atoms with Crippen LogP contribution >= 0.6 is 0 Å². The van der Waals surface area contributed by atoms with Crippen LogP contribution in [0.1, 0.15) is 24.4 Å². The van der Waals surface area contributed by atoms with Crippen molar-refractivity contribution in [3.8, 4) is 11.5 Å². The van der Waals surface area contributed by atoms with E-state index >= 15 is 0 Å². The SMILES string of the molecule is COC(=O)N1CCC(Cc2nc(-c3cccc(C)n3)no2)CC1. The molecular formula is C16H20N4O3. The molecule has 7 heteroatoms. The van der Waals surface area contributed by atoms with Crippen molar-refractivity contribution in [1.29, 1.82) is 0 Å². The number of likely N-dealkylation sites (tertiary alicyclic amines) is 1. The lowest BCUT2D eigenvalue weighted by atomic mass is 9.94. The molecule has 0 unspecified atom stereocenters. The predicted molar refractivity (Wildman–Crippen MR) is 82.7 cm³/mol. The molecule has 1 aliphatic rings. The maximum absolute atomic E-state index is 11.5. The van der Waals surface area contributed by atoms with Crippen LogP contribution in [0.2, 0.25) is 0 Å². The Morgan fingerprint density at radius 2 is 2.13 bits per heavy atom. The van der Waals surface area contributed by atoms with Crippen LogP contribution in [0.25, 0.3) is 11.5 Å². The van der Waals surface area contributed by atoms with Crippen LogP contribution in [-0.2, 0) is 11.2 Å². The van der Waals surface area contributed by atoms with Gasteiger partial charge in [-0.3, -0.25) is 0 Å². The van der Waals surface area contributed by atoms with E-state index in [1.165, 1.54) is 7.11 Å². The fraction of sp³-hybridized carbons (Fsp3) is 0.500. The van der Waals surface area contributed by atoms with Crippen molar-refractivity contribution >= 4 is 6.09 Å². The molecule has 0 atom stereocenters. The number of aryl methyl sites for hydroxylation is 1. The molecule has 2 aromatic rings. The fourth-order valence-electron chi connectivity index (χ4n) is 2.81. The molecule has 0 aliphatic carbocycles. The van der Waals surface area contributed by atoms with Gasteiger partial charge in [0.1, 0.15) is 5.69 Å². The monoisotopic (exact) mass is 316 g/mol. The Kier molecular flexibility index (Phi) is 4.55. The van der Waals surface area contributed by atoms with Crippen LogP contribution in [-0.4, -0.2) is 46.3 Å². The number of hydrogen-bond donors (Lipinski definition) is 0. The van der Waals surface area contributed by atoms with E-state index in [1.807, 2.05) is 25.1 Å². The van der Waals surface area contributed by atoms with Gasteiger partial charge in [-0.15, -0.1) is 0 Å². The zero-order chi connectivity index (χ0) is 16.2. The van der Waals surface area contributed by atoms with Crippen LogP contribution in [0, 0.1) is 12.8 Å². The normalized spacial score (nSPS) is 15.7. The van der Waals surface area contributed by atoms with Gasteiger partial charge in [-0.25, -0.2) is 9.78 Å². The number of rotatable bonds is 3. The highest BCUT2D eigenvalue weighted by atomic mass is 16.5. The number of piperidine rings is 1. The summed E-state index contributed by atoms with van der Waals surface area (Å²) in [7, 11) is 1.41. The Morgan fingerprint density at radius 3 is 2.83 bits per heavy atom. The third-order valence-electron chi connectivity index (χ3n) is 4.10. The van der Waals surface area contributed by atoms with E-state index in [2.05, 4.69) is 15.1 Å². The van der Waals surface area contributed by atoms with Gasteiger partial charge in [0.05, 0.1) is 7.11 Å². The van der Waals surface area contributed by atoms with Crippen molar-refractivity contribution in [2.45, 2.75) is 26.2 Å². The Morgan fingerprint density at radius 1 is 1.35 bits per heavy atom. The van der Waals surface area contributed by atoms with Gasteiger partial charge in [-0.2, -0.15) is 4.98 Å². The second-order valence-corrected chi connectivity index (χ2v) is 5.78. The summed E-state index contributed by atoms with van der Waals surface area (Å²) in [5.74, 6) is 1.59. The summed E-state index contributed by atoms with van der Waals surface area (Å²) >= 11 is 0. The molecule has 0 N–H and O–H groups in total. The van der Waals surface area contributed by atoms with Gasteiger partial charge in [0.15, 0.2) is 0 Å². The summed E-state index contributed by atoms with van der Waals surface area (Å²) in [6.07, 6.45) is 2.30. The van der Waals surface area contributed by atoms with Crippen molar-refractivity contribution in [2.75, 3.05) is 20.2 Å². The average Bonchev–Trinajstić information content (AvgIpc) is 3.03. The van der Waals surface area contributed by atoms with E-state index in [4.69, 9.17) is 9.26 Å². The second kappa shape index (κ2) is 6.76. The molecule has 2 aromatic heterocycles. The summed E-state index contributed by atoms with van der Waals surface area (Å²) in [6, 6.07) is 5.73. The first kappa shape index (κ1) is 15.5. The van der Waals surface area contributed by atoms with Crippen LogP contribution in [0.4, 0.5) is 4.79 Å². The summed E-state index contributed by atoms with van der Waals surface area (Å²) in [6.45, 7) is 3.34. The molecule has 0 radical (unpaired) electrons. The number of carbonyl (C=O) groups excluding carboxylic acids is 1. The number of carbonyl (C=O) groups is 1. The Bertz CT molecular complexity index is 677. The summed E-state index contributed by atoms with van der Waals surface area (Å²) in [4.78, 5) is 22.0. The lowest BCUT2D eigenvalue weighted by Gasteiger charge is -2.30. The highest BCUT2D eigenvalue weighted by molar-refractivity contribution is 5.67. The smallest absolute Gasteiger partial charge is 0.409 e. The van der Waals surface area contributed by atoms with E-state index in [0.29, 0.717) is 30.7 Å². The van der Waals surface area contributed by atoms with Crippen molar-refractivity contribution < 1.29 is 14.1 Å². The Hall–Kier alpha value is -2.44. The minimum Gasteiger partial charge on any atom is -0.453 e. The molecule has 23 heavy (non-hydrogen) atoms. The molecule has 3 heterocycles. The van der Waals surface area contributed by atoms with Crippen molar-refractivity contribution in [1.82, 2.24) is 20.0 Å². The van der Waals surface area contributed by atoms with Crippen LogP contribution in [0.3, 0.4) is 0 Å². The maximum Gasteiger partial charge on any atom is 0.409 e. The molecule has 122 valence electrons. The summed E-state index contributed by atoms with van der Waals surface area (Å²) < 4.78 is 10.1. The van der Waals surface area contributed by atoms with Gasteiger partial charge < -0.3 is 14.2 Å². The topological polar surface area (TPSA) is 81.4 Å². The Labute approximate surface area is 134 Å². The molecule has 1 saturated heterocycles. The third-order valence-corrected chi connectivity index (χ3v) is 4.10. The molecule has 0 saturated carbocycles. The minimum absolute atomic E-state index is 0.256. The number of amides is 1. The first-order chi connectivity index (χ1) is 11.2. The number of nitrogens with zero attached hydrogens (tertiary/aromatic N) is 4. The average molecular weight is 316 g/mol. The maximum atomic E-state index is 11.5. The molecule has 1 fully saturated rings. The van der Waals surface area contributed by atoms with Crippen LogP contribution in [0.5, 0.6) is 0 Å². The zero-order valence-corrected chi connectivity index (χ0v) is 13.4. The van der Waals surface area contributed by atoms with E-state index in [-0.39, 0.29) is 6.09 Å². The van der Waals surface area contributed by atoms with E-state index < -0.39 is 0 Å². The number of hydrogen-bond acceptors (Lipinski definition) is 6. The van der Waals surface area contributed by atoms with E-state index in [1.54, 1.807) is 4.90 Å². The number of methoxy groups -OCH3 is 1. The Balaban J connectivity index is 1.59. The standard InChI is InChI=1S/C16H20N4O3/c1-11-4-3-5-13(17-11)15-18-14(23-19-15)10-12-6-8-20(9-7-12)16(21)22-2/h3-5,12H,6-10H2,1-2H3.